The Morgan fingerprint density at radius 2 is 1.90 bits per heavy atom. The van der Waals surface area contributed by atoms with Crippen molar-refractivity contribution in [3.05, 3.63) is 35.9 Å². The summed E-state index contributed by atoms with van der Waals surface area (Å²) in [7, 11) is 0. The first-order chi connectivity index (χ1) is 9.60. The molecule has 3 heteroatoms. The third-order valence-electron chi connectivity index (χ3n) is 3.81. The number of carbonyl (C=O) groups excluding carboxylic acids is 1. The van der Waals surface area contributed by atoms with Crippen LogP contribution in [0.4, 0.5) is 0 Å². The van der Waals surface area contributed by atoms with Crippen molar-refractivity contribution in [1.29, 1.82) is 0 Å². The van der Waals surface area contributed by atoms with Crippen molar-refractivity contribution in [3.63, 3.8) is 0 Å². The van der Waals surface area contributed by atoms with Crippen LogP contribution in [0.2, 0.25) is 0 Å². The van der Waals surface area contributed by atoms with Crippen molar-refractivity contribution in [3.8, 4) is 0 Å². The molecule has 1 aromatic carbocycles. The fourth-order valence-electron chi connectivity index (χ4n) is 2.42. The van der Waals surface area contributed by atoms with Gasteiger partial charge in [0.2, 0.25) is 5.91 Å². The molecule has 112 valence electrons. The second-order valence-corrected chi connectivity index (χ2v) is 5.89. The molecule has 1 aromatic rings. The number of halogens is 1. The molecule has 1 rings (SSSR count). The van der Waals surface area contributed by atoms with Crippen molar-refractivity contribution < 1.29 is 4.79 Å². The van der Waals surface area contributed by atoms with E-state index in [1.54, 1.807) is 0 Å². The van der Waals surface area contributed by atoms with Gasteiger partial charge in [0, 0.05) is 11.9 Å². The second-order valence-electron chi connectivity index (χ2n) is 5.51. The summed E-state index contributed by atoms with van der Waals surface area (Å²) in [5.41, 5.74) is 1.10. The Bertz CT molecular complexity index is 393. The number of amides is 1. The van der Waals surface area contributed by atoms with Gasteiger partial charge in [-0.15, -0.1) is 11.6 Å². The first-order valence-electron chi connectivity index (χ1n) is 7.51. The molecule has 0 spiro atoms. The molecule has 20 heavy (non-hydrogen) atoms. The predicted molar refractivity (Wildman–Crippen MR) is 86.2 cm³/mol. The van der Waals surface area contributed by atoms with Gasteiger partial charge in [0.05, 0.1) is 5.92 Å². The number of hydrogen-bond acceptors (Lipinski definition) is 1. The Morgan fingerprint density at radius 3 is 2.45 bits per heavy atom. The number of hydrogen-bond donors (Lipinski definition) is 1. The SMILES string of the molecule is CCC(C)C(C(=O)NC(C)CCCCl)c1ccccc1. The van der Waals surface area contributed by atoms with Crippen LogP contribution in [0.5, 0.6) is 0 Å². The molecular formula is C17H26ClNO. The van der Waals surface area contributed by atoms with E-state index in [4.69, 9.17) is 11.6 Å². The quantitative estimate of drug-likeness (QED) is 0.710. The molecule has 0 bridgehead atoms. The first-order valence-corrected chi connectivity index (χ1v) is 8.04. The van der Waals surface area contributed by atoms with Crippen LogP contribution in [0.15, 0.2) is 30.3 Å². The molecule has 0 aromatic heterocycles. The lowest BCUT2D eigenvalue weighted by molar-refractivity contribution is -0.124. The fourth-order valence-corrected chi connectivity index (χ4v) is 2.58. The van der Waals surface area contributed by atoms with Crippen LogP contribution in [0, 0.1) is 5.92 Å². The molecule has 0 saturated carbocycles. The van der Waals surface area contributed by atoms with Crippen molar-refractivity contribution in [2.24, 2.45) is 5.92 Å². The van der Waals surface area contributed by atoms with Gasteiger partial charge in [-0.2, -0.15) is 0 Å². The summed E-state index contributed by atoms with van der Waals surface area (Å²) in [6.45, 7) is 6.31. The van der Waals surface area contributed by atoms with Gasteiger partial charge < -0.3 is 5.32 Å². The van der Waals surface area contributed by atoms with Gasteiger partial charge in [0.1, 0.15) is 0 Å². The number of carbonyl (C=O) groups is 1. The molecule has 0 aliphatic carbocycles. The molecule has 0 aliphatic heterocycles. The summed E-state index contributed by atoms with van der Waals surface area (Å²) in [6.07, 6.45) is 2.85. The molecule has 0 fully saturated rings. The van der Waals surface area contributed by atoms with E-state index >= 15 is 0 Å². The van der Waals surface area contributed by atoms with Gasteiger partial charge in [0.25, 0.3) is 0 Å². The van der Waals surface area contributed by atoms with E-state index in [0.717, 1.165) is 24.8 Å². The van der Waals surface area contributed by atoms with Crippen LogP contribution in [-0.2, 0) is 4.79 Å². The van der Waals surface area contributed by atoms with Crippen molar-refractivity contribution in [1.82, 2.24) is 5.32 Å². The van der Waals surface area contributed by atoms with Crippen molar-refractivity contribution >= 4 is 17.5 Å². The van der Waals surface area contributed by atoms with Crippen LogP contribution >= 0.6 is 11.6 Å². The summed E-state index contributed by atoms with van der Waals surface area (Å²) < 4.78 is 0. The average molecular weight is 296 g/mol. The van der Waals surface area contributed by atoms with Crippen LogP contribution in [0.25, 0.3) is 0 Å². The minimum absolute atomic E-state index is 0.0698. The maximum Gasteiger partial charge on any atom is 0.228 e. The van der Waals surface area contributed by atoms with E-state index in [9.17, 15) is 4.79 Å². The zero-order valence-electron chi connectivity index (χ0n) is 12.7. The van der Waals surface area contributed by atoms with Gasteiger partial charge in [-0.05, 0) is 31.2 Å². The van der Waals surface area contributed by atoms with Gasteiger partial charge in [-0.25, -0.2) is 0 Å². The molecule has 2 nitrogen and oxygen atoms in total. The summed E-state index contributed by atoms with van der Waals surface area (Å²) >= 11 is 5.70. The van der Waals surface area contributed by atoms with E-state index in [1.807, 2.05) is 37.3 Å². The molecule has 1 N–H and O–H groups in total. The summed E-state index contributed by atoms with van der Waals surface area (Å²) in [5.74, 6) is 1.04. The number of alkyl halides is 1. The lowest BCUT2D eigenvalue weighted by atomic mass is 9.84. The summed E-state index contributed by atoms with van der Waals surface area (Å²) in [5, 5.41) is 3.13. The monoisotopic (exact) mass is 295 g/mol. The van der Waals surface area contributed by atoms with E-state index in [1.165, 1.54) is 0 Å². The first kappa shape index (κ1) is 17.0. The van der Waals surface area contributed by atoms with E-state index in [0.29, 0.717) is 11.8 Å². The van der Waals surface area contributed by atoms with Crippen LogP contribution in [0.1, 0.15) is 51.5 Å². The Morgan fingerprint density at radius 1 is 1.25 bits per heavy atom. The minimum atomic E-state index is -0.0698. The Labute approximate surface area is 127 Å². The maximum absolute atomic E-state index is 12.6. The molecule has 0 radical (unpaired) electrons. The molecule has 0 saturated heterocycles. The fraction of sp³-hybridized carbons (Fsp3) is 0.588. The second kappa shape index (κ2) is 9.02. The van der Waals surface area contributed by atoms with Gasteiger partial charge in [-0.3, -0.25) is 4.79 Å². The Kier molecular flexibility index (Phi) is 7.68. The summed E-state index contributed by atoms with van der Waals surface area (Å²) in [4.78, 5) is 12.6. The van der Waals surface area contributed by atoms with Gasteiger partial charge in [0.15, 0.2) is 0 Å². The lowest BCUT2D eigenvalue weighted by Crippen LogP contribution is -2.38. The molecule has 3 unspecified atom stereocenters. The number of nitrogens with one attached hydrogen (secondary N) is 1. The zero-order valence-corrected chi connectivity index (χ0v) is 13.5. The molecule has 1 amide bonds. The number of rotatable bonds is 8. The van der Waals surface area contributed by atoms with E-state index in [2.05, 4.69) is 19.2 Å². The summed E-state index contributed by atoms with van der Waals surface area (Å²) in [6, 6.07) is 10.2. The Balaban J connectivity index is 2.76. The van der Waals surface area contributed by atoms with E-state index in [-0.39, 0.29) is 17.9 Å². The lowest BCUT2D eigenvalue weighted by Gasteiger charge is -2.25. The maximum atomic E-state index is 12.6. The third kappa shape index (κ3) is 5.16. The smallest absolute Gasteiger partial charge is 0.228 e. The topological polar surface area (TPSA) is 29.1 Å². The largest absolute Gasteiger partial charge is 0.353 e. The van der Waals surface area contributed by atoms with E-state index < -0.39 is 0 Å². The van der Waals surface area contributed by atoms with Crippen LogP contribution < -0.4 is 5.32 Å². The highest BCUT2D eigenvalue weighted by atomic mass is 35.5. The third-order valence-corrected chi connectivity index (χ3v) is 4.08. The van der Waals surface area contributed by atoms with Crippen LogP contribution in [-0.4, -0.2) is 17.8 Å². The molecule has 0 aliphatic rings. The Hall–Kier alpha value is -1.02. The van der Waals surface area contributed by atoms with Crippen molar-refractivity contribution in [2.45, 2.75) is 52.0 Å². The highest BCUT2D eigenvalue weighted by Gasteiger charge is 2.26. The standard InChI is InChI=1S/C17H26ClNO/c1-4-13(2)16(15-10-6-5-7-11-15)17(20)19-14(3)9-8-12-18/h5-7,10-11,13-14,16H,4,8-9,12H2,1-3H3,(H,19,20). The van der Waals surface area contributed by atoms with Crippen LogP contribution in [0.3, 0.4) is 0 Å². The molecular weight excluding hydrogens is 270 g/mol. The average Bonchev–Trinajstić information content (AvgIpc) is 2.46. The minimum Gasteiger partial charge on any atom is -0.353 e. The highest BCUT2D eigenvalue weighted by Crippen LogP contribution is 2.27. The molecule has 0 heterocycles. The van der Waals surface area contributed by atoms with Crippen molar-refractivity contribution in [2.75, 3.05) is 5.88 Å². The highest BCUT2D eigenvalue weighted by molar-refractivity contribution is 6.17. The van der Waals surface area contributed by atoms with Gasteiger partial charge in [-0.1, -0.05) is 50.6 Å². The zero-order chi connectivity index (χ0) is 15.0. The number of benzene rings is 1. The predicted octanol–water partition coefficient (Wildman–Crippen LogP) is 4.34. The molecule has 3 atom stereocenters. The normalized spacial score (nSPS) is 15.4. The van der Waals surface area contributed by atoms with Gasteiger partial charge >= 0.3 is 0 Å².